The number of aryl methyl sites for hydroxylation is 1. The largest absolute Gasteiger partial charge is 0.494 e. The smallest absolute Gasteiger partial charge is 0.274 e. The summed E-state index contributed by atoms with van der Waals surface area (Å²) in [6.07, 6.45) is 3.58. The van der Waals surface area contributed by atoms with Crippen LogP contribution in [0, 0.1) is 6.92 Å². The SMILES string of the molecule is CCOc1ccc(NC(=O)c2cc(N3CCCCC3)nc(C)n2)cc1. The van der Waals surface area contributed by atoms with E-state index in [1.165, 1.54) is 6.42 Å². The minimum Gasteiger partial charge on any atom is -0.494 e. The number of rotatable bonds is 5. The number of ether oxygens (including phenoxy) is 1. The molecule has 132 valence electrons. The molecule has 2 aromatic rings. The predicted molar refractivity (Wildman–Crippen MR) is 98.4 cm³/mol. The van der Waals surface area contributed by atoms with Gasteiger partial charge in [-0.25, -0.2) is 9.97 Å². The van der Waals surface area contributed by atoms with E-state index in [1.807, 2.05) is 38.1 Å². The number of carbonyl (C=O) groups excluding carboxylic acids is 1. The van der Waals surface area contributed by atoms with Crippen LogP contribution in [-0.2, 0) is 0 Å². The molecule has 0 radical (unpaired) electrons. The maximum absolute atomic E-state index is 12.6. The summed E-state index contributed by atoms with van der Waals surface area (Å²) in [5.74, 6) is 2.00. The van der Waals surface area contributed by atoms with E-state index in [0.29, 0.717) is 23.8 Å². The lowest BCUT2D eigenvalue weighted by Gasteiger charge is -2.28. The second-order valence-corrected chi connectivity index (χ2v) is 6.12. The fourth-order valence-electron chi connectivity index (χ4n) is 2.95. The Morgan fingerprint density at radius 2 is 1.88 bits per heavy atom. The maximum atomic E-state index is 12.6. The fourth-order valence-corrected chi connectivity index (χ4v) is 2.95. The molecule has 6 heteroatoms. The first-order chi connectivity index (χ1) is 12.2. The lowest BCUT2D eigenvalue weighted by atomic mass is 10.1. The predicted octanol–water partition coefficient (Wildman–Crippen LogP) is 3.43. The molecular weight excluding hydrogens is 316 g/mol. The summed E-state index contributed by atoms with van der Waals surface area (Å²) < 4.78 is 5.41. The number of hydrogen-bond acceptors (Lipinski definition) is 5. The third kappa shape index (κ3) is 4.47. The van der Waals surface area contributed by atoms with E-state index in [9.17, 15) is 4.79 Å². The molecule has 3 rings (SSSR count). The molecule has 25 heavy (non-hydrogen) atoms. The van der Waals surface area contributed by atoms with Crippen LogP contribution in [0.4, 0.5) is 11.5 Å². The normalized spacial score (nSPS) is 14.2. The Balaban J connectivity index is 1.73. The number of nitrogens with one attached hydrogen (secondary N) is 1. The number of piperidine rings is 1. The molecule has 1 N–H and O–H groups in total. The van der Waals surface area contributed by atoms with Crippen LogP contribution in [0.25, 0.3) is 0 Å². The van der Waals surface area contributed by atoms with E-state index >= 15 is 0 Å². The standard InChI is InChI=1S/C19H24N4O2/c1-3-25-16-9-7-15(8-10-16)22-19(24)17-13-18(21-14(2)20-17)23-11-5-4-6-12-23/h7-10,13H,3-6,11-12H2,1-2H3,(H,22,24). The minimum absolute atomic E-state index is 0.229. The Bertz CT molecular complexity index is 725. The third-order valence-corrected chi connectivity index (χ3v) is 4.16. The number of nitrogens with zero attached hydrogens (tertiary/aromatic N) is 3. The monoisotopic (exact) mass is 340 g/mol. The zero-order chi connectivity index (χ0) is 17.6. The molecule has 0 atom stereocenters. The van der Waals surface area contributed by atoms with Gasteiger partial charge in [0.15, 0.2) is 0 Å². The van der Waals surface area contributed by atoms with E-state index < -0.39 is 0 Å². The van der Waals surface area contributed by atoms with Crippen LogP contribution in [0.1, 0.15) is 42.5 Å². The van der Waals surface area contributed by atoms with Crippen LogP contribution in [0.3, 0.4) is 0 Å². The first-order valence-corrected chi connectivity index (χ1v) is 8.80. The van der Waals surface area contributed by atoms with E-state index in [-0.39, 0.29) is 5.91 Å². The van der Waals surface area contributed by atoms with Gasteiger partial charge >= 0.3 is 0 Å². The highest BCUT2D eigenvalue weighted by atomic mass is 16.5. The Kier molecular flexibility index (Phi) is 5.48. The first-order valence-electron chi connectivity index (χ1n) is 8.80. The second kappa shape index (κ2) is 7.96. The van der Waals surface area contributed by atoms with Gasteiger partial charge in [0.2, 0.25) is 0 Å². The lowest BCUT2D eigenvalue weighted by molar-refractivity contribution is 0.102. The van der Waals surface area contributed by atoms with Crippen molar-refractivity contribution in [3.8, 4) is 5.75 Å². The highest BCUT2D eigenvalue weighted by molar-refractivity contribution is 6.03. The van der Waals surface area contributed by atoms with Crippen LogP contribution in [0.5, 0.6) is 5.75 Å². The van der Waals surface area contributed by atoms with Crippen molar-refractivity contribution < 1.29 is 9.53 Å². The molecule has 0 aliphatic carbocycles. The molecule has 0 bridgehead atoms. The van der Waals surface area contributed by atoms with Crippen molar-refractivity contribution in [3.63, 3.8) is 0 Å². The number of benzene rings is 1. The molecule has 0 spiro atoms. The van der Waals surface area contributed by atoms with E-state index in [2.05, 4.69) is 20.2 Å². The van der Waals surface area contributed by atoms with Gasteiger partial charge < -0.3 is 15.0 Å². The zero-order valence-corrected chi connectivity index (χ0v) is 14.8. The number of hydrogen-bond donors (Lipinski definition) is 1. The van der Waals surface area contributed by atoms with E-state index in [1.54, 1.807) is 6.07 Å². The Hall–Kier alpha value is -2.63. The summed E-state index contributed by atoms with van der Waals surface area (Å²) >= 11 is 0. The van der Waals surface area contributed by atoms with Gasteiger partial charge in [-0.05, 0) is 57.4 Å². The molecule has 0 unspecified atom stereocenters. The summed E-state index contributed by atoms with van der Waals surface area (Å²) in [7, 11) is 0. The van der Waals surface area contributed by atoms with Crippen molar-refractivity contribution in [2.75, 3.05) is 29.9 Å². The molecule has 1 aromatic heterocycles. The van der Waals surface area contributed by atoms with Crippen LogP contribution in [0.2, 0.25) is 0 Å². The number of amides is 1. The molecule has 0 saturated carbocycles. The highest BCUT2D eigenvalue weighted by Gasteiger charge is 2.16. The molecule has 1 saturated heterocycles. The number of carbonyl (C=O) groups is 1. The molecule has 1 aromatic carbocycles. The van der Waals surface area contributed by atoms with Gasteiger partial charge in [-0.15, -0.1) is 0 Å². The quantitative estimate of drug-likeness (QED) is 0.903. The Morgan fingerprint density at radius 1 is 1.16 bits per heavy atom. The van der Waals surface area contributed by atoms with Crippen LogP contribution < -0.4 is 15.0 Å². The van der Waals surface area contributed by atoms with Gasteiger partial charge in [-0.1, -0.05) is 0 Å². The molecular formula is C19H24N4O2. The topological polar surface area (TPSA) is 67.3 Å². The van der Waals surface area contributed by atoms with E-state index in [0.717, 1.165) is 37.5 Å². The Morgan fingerprint density at radius 3 is 2.56 bits per heavy atom. The van der Waals surface area contributed by atoms with Crippen molar-refractivity contribution in [2.24, 2.45) is 0 Å². The van der Waals surface area contributed by atoms with Crippen LogP contribution >= 0.6 is 0 Å². The average Bonchev–Trinajstić information content (AvgIpc) is 2.64. The van der Waals surface area contributed by atoms with Crippen molar-refractivity contribution in [1.82, 2.24) is 9.97 Å². The van der Waals surface area contributed by atoms with Gasteiger partial charge in [0, 0.05) is 24.8 Å². The summed E-state index contributed by atoms with van der Waals surface area (Å²) in [6, 6.07) is 9.10. The van der Waals surface area contributed by atoms with Crippen molar-refractivity contribution in [2.45, 2.75) is 33.1 Å². The van der Waals surface area contributed by atoms with Crippen LogP contribution in [0.15, 0.2) is 30.3 Å². The first kappa shape index (κ1) is 17.2. The summed E-state index contributed by atoms with van der Waals surface area (Å²) in [6.45, 7) is 6.34. The number of aromatic nitrogens is 2. The lowest BCUT2D eigenvalue weighted by Crippen LogP contribution is -2.31. The molecule has 1 aliphatic rings. The summed E-state index contributed by atoms with van der Waals surface area (Å²) in [5, 5.41) is 2.88. The zero-order valence-electron chi connectivity index (χ0n) is 14.8. The second-order valence-electron chi connectivity index (χ2n) is 6.12. The van der Waals surface area contributed by atoms with Crippen molar-refractivity contribution >= 4 is 17.4 Å². The summed E-state index contributed by atoms with van der Waals surface area (Å²) in [4.78, 5) is 23.6. The van der Waals surface area contributed by atoms with Crippen molar-refractivity contribution in [1.29, 1.82) is 0 Å². The molecule has 2 heterocycles. The van der Waals surface area contributed by atoms with Gasteiger partial charge in [0.1, 0.15) is 23.1 Å². The molecule has 6 nitrogen and oxygen atoms in total. The highest BCUT2D eigenvalue weighted by Crippen LogP contribution is 2.20. The maximum Gasteiger partial charge on any atom is 0.274 e. The molecule has 1 aliphatic heterocycles. The molecule has 1 amide bonds. The van der Waals surface area contributed by atoms with Gasteiger partial charge in [-0.3, -0.25) is 4.79 Å². The summed E-state index contributed by atoms with van der Waals surface area (Å²) in [5.41, 5.74) is 1.10. The number of anilines is 2. The third-order valence-electron chi connectivity index (χ3n) is 4.16. The van der Waals surface area contributed by atoms with Crippen molar-refractivity contribution in [3.05, 3.63) is 41.9 Å². The average molecular weight is 340 g/mol. The van der Waals surface area contributed by atoms with E-state index in [4.69, 9.17) is 4.74 Å². The Labute approximate surface area is 148 Å². The van der Waals surface area contributed by atoms with Gasteiger partial charge in [0.25, 0.3) is 5.91 Å². The van der Waals surface area contributed by atoms with Gasteiger partial charge in [-0.2, -0.15) is 0 Å². The van der Waals surface area contributed by atoms with Crippen LogP contribution in [-0.4, -0.2) is 35.6 Å². The minimum atomic E-state index is -0.229. The van der Waals surface area contributed by atoms with Gasteiger partial charge in [0.05, 0.1) is 6.61 Å². The fraction of sp³-hybridized carbons (Fsp3) is 0.421. The molecule has 1 fully saturated rings.